The summed E-state index contributed by atoms with van der Waals surface area (Å²) in [6, 6.07) is 9.55. The predicted octanol–water partition coefficient (Wildman–Crippen LogP) is 1.98. The Hall–Kier alpha value is -2.36. The smallest absolute Gasteiger partial charge is 0.163 e. The van der Waals surface area contributed by atoms with Gasteiger partial charge in [-0.1, -0.05) is 6.07 Å². The zero-order valence-corrected chi connectivity index (χ0v) is 8.54. The van der Waals surface area contributed by atoms with E-state index in [0.29, 0.717) is 5.69 Å². The van der Waals surface area contributed by atoms with Gasteiger partial charge in [0.1, 0.15) is 5.69 Å². The maximum absolute atomic E-state index is 5.76. The minimum Gasteiger partial charge on any atom is -0.398 e. The van der Waals surface area contributed by atoms with Gasteiger partial charge < -0.3 is 5.73 Å². The van der Waals surface area contributed by atoms with Crippen LogP contribution in [-0.2, 0) is 0 Å². The minimum absolute atomic E-state index is 0.711. The maximum atomic E-state index is 5.76. The van der Waals surface area contributed by atoms with E-state index in [1.165, 1.54) is 0 Å². The number of pyridine rings is 2. The molecule has 4 heteroatoms. The lowest BCUT2D eigenvalue weighted by atomic mass is 10.3. The van der Waals surface area contributed by atoms with Crippen LogP contribution in [0.5, 0.6) is 0 Å². The highest BCUT2D eigenvalue weighted by atomic mass is 15.0. The van der Waals surface area contributed by atoms with Gasteiger partial charge in [-0.15, -0.1) is 0 Å². The van der Waals surface area contributed by atoms with Gasteiger partial charge in [0.2, 0.25) is 0 Å². The van der Waals surface area contributed by atoms with Crippen molar-refractivity contribution in [3.05, 3.63) is 48.9 Å². The molecule has 0 fully saturated rings. The monoisotopic (exact) mass is 210 g/mol. The van der Waals surface area contributed by atoms with E-state index in [4.69, 9.17) is 5.73 Å². The quantitative estimate of drug-likeness (QED) is 0.668. The van der Waals surface area contributed by atoms with Crippen molar-refractivity contribution in [2.45, 2.75) is 0 Å². The Labute approximate surface area is 92.4 Å². The number of hydrogen-bond donors (Lipinski definition) is 1. The van der Waals surface area contributed by atoms with Crippen LogP contribution in [-0.4, -0.2) is 14.4 Å². The second-order valence-electron chi connectivity index (χ2n) is 3.55. The van der Waals surface area contributed by atoms with Crippen molar-refractivity contribution >= 4 is 11.2 Å². The molecule has 0 aliphatic carbocycles. The fourth-order valence-electron chi connectivity index (χ4n) is 1.69. The fourth-order valence-corrected chi connectivity index (χ4v) is 1.69. The second-order valence-corrected chi connectivity index (χ2v) is 3.55. The van der Waals surface area contributed by atoms with Crippen LogP contribution in [0, 0.1) is 0 Å². The molecule has 78 valence electrons. The molecule has 0 aliphatic heterocycles. The molecule has 0 bridgehead atoms. The Kier molecular flexibility index (Phi) is 1.86. The summed E-state index contributed by atoms with van der Waals surface area (Å²) in [5.41, 5.74) is 8.32. The number of nitrogens with two attached hydrogens (primary N) is 1. The first-order chi connectivity index (χ1) is 7.84. The fraction of sp³-hybridized carbons (Fsp3) is 0. The molecular formula is C12H10N4. The van der Waals surface area contributed by atoms with Crippen LogP contribution >= 0.6 is 0 Å². The summed E-state index contributed by atoms with van der Waals surface area (Å²) in [7, 11) is 0. The van der Waals surface area contributed by atoms with Crippen LogP contribution in [0.2, 0.25) is 0 Å². The van der Waals surface area contributed by atoms with Crippen LogP contribution in [0.4, 0.5) is 5.69 Å². The third-order valence-corrected chi connectivity index (χ3v) is 2.44. The van der Waals surface area contributed by atoms with E-state index in [-0.39, 0.29) is 0 Å². The van der Waals surface area contributed by atoms with Crippen LogP contribution in [0.15, 0.2) is 48.9 Å². The van der Waals surface area contributed by atoms with E-state index in [9.17, 15) is 0 Å². The van der Waals surface area contributed by atoms with E-state index in [1.54, 1.807) is 6.20 Å². The minimum atomic E-state index is 0.711. The topological polar surface area (TPSA) is 56.2 Å². The number of nitrogen functional groups attached to an aromatic ring is 1. The lowest BCUT2D eigenvalue weighted by Gasteiger charge is -2.01. The zero-order chi connectivity index (χ0) is 11.0. The highest BCUT2D eigenvalue weighted by Gasteiger charge is 2.06. The van der Waals surface area contributed by atoms with Crippen LogP contribution in [0.25, 0.3) is 17.0 Å². The van der Waals surface area contributed by atoms with E-state index in [1.807, 2.05) is 47.1 Å². The van der Waals surface area contributed by atoms with Crippen molar-refractivity contribution in [2.75, 3.05) is 5.73 Å². The molecule has 3 rings (SSSR count). The summed E-state index contributed by atoms with van der Waals surface area (Å²) in [6.07, 6.45) is 5.42. The summed E-state index contributed by atoms with van der Waals surface area (Å²) in [4.78, 5) is 8.63. The third-order valence-electron chi connectivity index (χ3n) is 2.44. The molecule has 0 aliphatic rings. The lowest BCUT2D eigenvalue weighted by Crippen LogP contribution is -1.93. The average molecular weight is 210 g/mol. The summed E-state index contributed by atoms with van der Waals surface area (Å²) < 4.78 is 1.94. The molecule has 0 spiro atoms. The zero-order valence-electron chi connectivity index (χ0n) is 8.54. The van der Waals surface area contributed by atoms with Crippen molar-refractivity contribution in [2.24, 2.45) is 0 Å². The summed E-state index contributed by atoms with van der Waals surface area (Å²) in [5, 5.41) is 0. The van der Waals surface area contributed by atoms with Gasteiger partial charge in [0.15, 0.2) is 5.82 Å². The molecule has 2 N–H and O–H groups in total. The van der Waals surface area contributed by atoms with E-state index in [2.05, 4.69) is 9.97 Å². The van der Waals surface area contributed by atoms with Crippen molar-refractivity contribution in [1.29, 1.82) is 0 Å². The molecule has 4 nitrogen and oxygen atoms in total. The van der Waals surface area contributed by atoms with E-state index < -0.39 is 0 Å². The number of nitrogens with zero attached hydrogens (tertiary/aromatic N) is 3. The third kappa shape index (κ3) is 1.32. The molecule has 0 atom stereocenters. The van der Waals surface area contributed by atoms with Gasteiger partial charge in [-0.25, -0.2) is 4.98 Å². The SMILES string of the molecule is Nc1ccc2cnc(-c3ccccn3)n2c1. The highest BCUT2D eigenvalue weighted by molar-refractivity contribution is 5.61. The van der Waals surface area contributed by atoms with Gasteiger partial charge in [-0.2, -0.15) is 0 Å². The number of aromatic nitrogens is 3. The first-order valence-electron chi connectivity index (χ1n) is 4.98. The second kappa shape index (κ2) is 3.34. The largest absolute Gasteiger partial charge is 0.398 e. The Morgan fingerprint density at radius 3 is 2.81 bits per heavy atom. The van der Waals surface area contributed by atoms with Crippen molar-refractivity contribution in [3.63, 3.8) is 0 Å². The predicted molar refractivity (Wildman–Crippen MR) is 62.8 cm³/mol. The average Bonchev–Trinajstić information content (AvgIpc) is 2.73. The normalized spacial score (nSPS) is 10.8. The van der Waals surface area contributed by atoms with E-state index in [0.717, 1.165) is 17.0 Å². The first-order valence-corrected chi connectivity index (χ1v) is 4.98. The number of imidazole rings is 1. The van der Waals surface area contributed by atoms with E-state index >= 15 is 0 Å². The van der Waals surface area contributed by atoms with Crippen molar-refractivity contribution in [3.8, 4) is 11.5 Å². The molecular weight excluding hydrogens is 200 g/mol. The molecule has 0 saturated carbocycles. The van der Waals surface area contributed by atoms with Crippen LogP contribution in [0.3, 0.4) is 0 Å². The molecule has 0 radical (unpaired) electrons. The molecule has 3 aromatic rings. The van der Waals surface area contributed by atoms with Gasteiger partial charge in [0, 0.05) is 18.1 Å². The Morgan fingerprint density at radius 1 is 1.06 bits per heavy atom. The molecule has 0 amide bonds. The maximum Gasteiger partial charge on any atom is 0.163 e. The van der Waals surface area contributed by atoms with Gasteiger partial charge in [-0.05, 0) is 24.3 Å². The summed E-state index contributed by atoms with van der Waals surface area (Å²) >= 11 is 0. The lowest BCUT2D eigenvalue weighted by molar-refractivity contribution is 1.13. The highest BCUT2D eigenvalue weighted by Crippen LogP contribution is 2.18. The van der Waals surface area contributed by atoms with Crippen LogP contribution in [0.1, 0.15) is 0 Å². The number of anilines is 1. The Morgan fingerprint density at radius 2 is 2.00 bits per heavy atom. The Balaban J connectivity index is 2.29. The summed E-state index contributed by atoms with van der Waals surface area (Å²) in [6.45, 7) is 0. The van der Waals surface area contributed by atoms with Gasteiger partial charge in [-0.3, -0.25) is 9.38 Å². The van der Waals surface area contributed by atoms with Gasteiger partial charge in [0.05, 0.1) is 11.7 Å². The summed E-state index contributed by atoms with van der Waals surface area (Å²) in [5.74, 6) is 0.808. The Bertz CT molecular complexity index is 628. The first kappa shape index (κ1) is 8.91. The van der Waals surface area contributed by atoms with Crippen molar-refractivity contribution in [1.82, 2.24) is 14.4 Å². The number of hydrogen-bond acceptors (Lipinski definition) is 3. The molecule has 0 aromatic carbocycles. The van der Waals surface area contributed by atoms with Gasteiger partial charge in [0.25, 0.3) is 0 Å². The van der Waals surface area contributed by atoms with Gasteiger partial charge >= 0.3 is 0 Å². The van der Waals surface area contributed by atoms with Crippen molar-refractivity contribution < 1.29 is 0 Å². The molecule has 0 unspecified atom stereocenters. The molecule has 3 aromatic heterocycles. The standard InChI is InChI=1S/C12H10N4/c13-9-4-5-10-7-15-12(16(10)8-9)11-3-1-2-6-14-11/h1-8H,13H2. The number of rotatable bonds is 1. The molecule has 0 saturated heterocycles. The molecule has 16 heavy (non-hydrogen) atoms. The molecule has 3 heterocycles. The number of fused-ring (bicyclic) bond motifs is 1. The van der Waals surface area contributed by atoms with Crippen LogP contribution < -0.4 is 5.73 Å².